The Morgan fingerprint density at radius 1 is 1.31 bits per heavy atom. The molecule has 0 unspecified atom stereocenters. The molecular formula is C12H14BrN3. The van der Waals surface area contributed by atoms with Gasteiger partial charge in [-0.05, 0) is 31.5 Å². The van der Waals surface area contributed by atoms with Crippen molar-refractivity contribution in [2.45, 2.75) is 13.8 Å². The summed E-state index contributed by atoms with van der Waals surface area (Å²) in [6, 6.07) is 8.20. The maximum atomic E-state index is 4.26. The average molecular weight is 280 g/mol. The van der Waals surface area contributed by atoms with Crippen LogP contribution in [0.15, 0.2) is 28.7 Å². The summed E-state index contributed by atoms with van der Waals surface area (Å²) in [6.45, 7) is 5.01. The molecule has 4 heteroatoms. The lowest BCUT2D eigenvalue weighted by Crippen LogP contribution is -1.97. The highest BCUT2D eigenvalue weighted by Gasteiger charge is 2.09. The van der Waals surface area contributed by atoms with Gasteiger partial charge in [-0.2, -0.15) is 5.10 Å². The first kappa shape index (κ1) is 11.2. The summed E-state index contributed by atoms with van der Waals surface area (Å²) in [5, 5.41) is 10.5. The summed E-state index contributed by atoms with van der Waals surface area (Å²) >= 11 is 3.43. The molecule has 3 nitrogen and oxygen atoms in total. The third-order valence-corrected chi connectivity index (χ3v) is 3.02. The van der Waals surface area contributed by atoms with Gasteiger partial charge >= 0.3 is 0 Å². The molecule has 1 aromatic carbocycles. The molecule has 0 saturated heterocycles. The van der Waals surface area contributed by atoms with Crippen LogP contribution in [-0.4, -0.2) is 16.7 Å². The van der Waals surface area contributed by atoms with Crippen molar-refractivity contribution in [2.75, 3.05) is 11.9 Å². The quantitative estimate of drug-likeness (QED) is 0.902. The Morgan fingerprint density at radius 3 is 2.62 bits per heavy atom. The van der Waals surface area contributed by atoms with Gasteiger partial charge in [0.1, 0.15) is 0 Å². The summed E-state index contributed by atoms with van der Waals surface area (Å²) in [6.07, 6.45) is 0. The van der Waals surface area contributed by atoms with E-state index < -0.39 is 0 Å². The molecule has 1 aromatic heterocycles. The number of rotatable bonds is 3. The highest BCUT2D eigenvalue weighted by molar-refractivity contribution is 9.10. The smallest absolute Gasteiger partial charge is 0.151 e. The maximum absolute atomic E-state index is 4.26. The van der Waals surface area contributed by atoms with Gasteiger partial charge in [0.25, 0.3) is 0 Å². The van der Waals surface area contributed by atoms with Crippen molar-refractivity contribution < 1.29 is 0 Å². The largest absolute Gasteiger partial charge is 0.369 e. The first-order valence-electron chi connectivity index (χ1n) is 5.27. The molecule has 0 saturated carbocycles. The molecule has 0 aliphatic heterocycles. The van der Waals surface area contributed by atoms with E-state index in [-0.39, 0.29) is 0 Å². The minimum absolute atomic E-state index is 0.880. The molecular weight excluding hydrogens is 266 g/mol. The predicted octanol–water partition coefficient (Wildman–Crippen LogP) is 3.58. The number of benzene rings is 1. The highest BCUT2D eigenvalue weighted by Crippen LogP contribution is 2.26. The number of nitrogens with zero attached hydrogens (tertiary/aromatic N) is 1. The molecule has 84 valence electrons. The van der Waals surface area contributed by atoms with Crippen LogP contribution in [0.1, 0.15) is 12.5 Å². The normalized spacial score (nSPS) is 10.4. The molecule has 0 amide bonds. The number of aromatic amines is 1. The number of hydrogen-bond acceptors (Lipinski definition) is 2. The van der Waals surface area contributed by atoms with Crippen LogP contribution in [0.25, 0.3) is 11.3 Å². The van der Waals surface area contributed by atoms with Gasteiger partial charge in [-0.25, -0.2) is 0 Å². The Balaban J connectivity index is 2.37. The number of H-pyrrole nitrogens is 1. The molecule has 2 rings (SSSR count). The van der Waals surface area contributed by atoms with Crippen LogP contribution >= 0.6 is 15.9 Å². The SMILES string of the molecule is CCNc1n[nH]c(-c2ccc(Br)cc2)c1C. The monoisotopic (exact) mass is 279 g/mol. The Hall–Kier alpha value is -1.29. The minimum atomic E-state index is 0.880. The average Bonchev–Trinajstić information content (AvgIpc) is 2.63. The third-order valence-electron chi connectivity index (χ3n) is 2.49. The lowest BCUT2D eigenvalue weighted by atomic mass is 10.1. The Morgan fingerprint density at radius 2 is 2.00 bits per heavy atom. The Kier molecular flexibility index (Phi) is 3.29. The fourth-order valence-corrected chi connectivity index (χ4v) is 1.90. The fourth-order valence-electron chi connectivity index (χ4n) is 1.64. The minimum Gasteiger partial charge on any atom is -0.369 e. The zero-order valence-corrected chi connectivity index (χ0v) is 10.9. The predicted molar refractivity (Wildman–Crippen MR) is 70.6 cm³/mol. The molecule has 0 aliphatic rings. The molecule has 2 N–H and O–H groups in total. The maximum Gasteiger partial charge on any atom is 0.151 e. The van der Waals surface area contributed by atoms with E-state index in [1.165, 1.54) is 0 Å². The van der Waals surface area contributed by atoms with E-state index in [4.69, 9.17) is 0 Å². The van der Waals surface area contributed by atoms with Crippen LogP contribution in [0.3, 0.4) is 0 Å². The van der Waals surface area contributed by atoms with Crippen molar-refractivity contribution in [3.63, 3.8) is 0 Å². The second-order valence-electron chi connectivity index (χ2n) is 3.61. The highest BCUT2D eigenvalue weighted by atomic mass is 79.9. The van der Waals surface area contributed by atoms with E-state index in [0.29, 0.717) is 0 Å². The Labute approximate surface area is 103 Å². The first-order chi connectivity index (χ1) is 7.72. The zero-order valence-electron chi connectivity index (χ0n) is 9.34. The van der Waals surface area contributed by atoms with Crippen LogP contribution in [0, 0.1) is 6.92 Å². The summed E-state index contributed by atoms with van der Waals surface area (Å²) in [5.74, 6) is 0.931. The fraction of sp³-hybridized carbons (Fsp3) is 0.250. The summed E-state index contributed by atoms with van der Waals surface area (Å²) in [7, 11) is 0. The third kappa shape index (κ3) is 2.11. The molecule has 0 spiro atoms. The van der Waals surface area contributed by atoms with Crippen LogP contribution < -0.4 is 5.32 Å². The van der Waals surface area contributed by atoms with E-state index in [1.807, 2.05) is 12.1 Å². The Bertz CT molecular complexity index is 474. The number of hydrogen-bond donors (Lipinski definition) is 2. The molecule has 16 heavy (non-hydrogen) atoms. The van der Waals surface area contributed by atoms with Gasteiger partial charge in [0.15, 0.2) is 5.82 Å². The number of aromatic nitrogens is 2. The van der Waals surface area contributed by atoms with E-state index in [1.54, 1.807) is 0 Å². The van der Waals surface area contributed by atoms with Gasteiger partial charge in [0.05, 0.1) is 5.69 Å². The van der Waals surface area contributed by atoms with Crippen LogP contribution in [0.4, 0.5) is 5.82 Å². The number of halogens is 1. The van der Waals surface area contributed by atoms with E-state index in [2.05, 4.69) is 57.4 Å². The molecule has 2 aromatic rings. The molecule has 0 fully saturated rings. The van der Waals surface area contributed by atoms with Crippen molar-refractivity contribution in [1.29, 1.82) is 0 Å². The lowest BCUT2D eigenvalue weighted by Gasteiger charge is -2.01. The molecule has 0 aliphatic carbocycles. The molecule has 0 bridgehead atoms. The molecule has 1 heterocycles. The van der Waals surface area contributed by atoms with E-state index in [0.717, 1.165) is 33.7 Å². The summed E-state index contributed by atoms with van der Waals surface area (Å²) in [5.41, 5.74) is 3.38. The van der Waals surface area contributed by atoms with Gasteiger partial charge in [0, 0.05) is 16.6 Å². The molecule has 0 atom stereocenters. The van der Waals surface area contributed by atoms with Crippen molar-refractivity contribution in [2.24, 2.45) is 0 Å². The van der Waals surface area contributed by atoms with Gasteiger partial charge in [-0.15, -0.1) is 0 Å². The van der Waals surface area contributed by atoms with Crippen molar-refractivity contribution in [1.82, 2.24) is 10.2 Å². The van der Waals surface area contributed by atoms with Gasteiger partial charge in [-0.3, -0.25) is 5.10 Å². The number of nitrogens with one attached hydrogen (secondary N) is 2. The van der Waals surface area contributed by atoms with Crippen LogP contribution in [0.5, 0.6) is 0 Å². The van der Waals surface area contributed by atoms with Gasteiger partial charge in [-0.1, -0.05) is 28.1 Å². The number of anilines is 1. The van der Waals surface area contributed by atoms with Crippen LogP contribution in [0.2, 0.25) is 0 Å². The van der Waals surface area contributed by atoms with Crippen molar-refractivity contribution >= 4 is 21.7 Å². The van der Waals surface area contributed by atoms with E-state index >= 15 is 0 Å². The standard InChI is InChI=1S/C12H14BrN3/c1-3-14-12-8(2)11(15-16-12)9-4-6-10(13)7-5-9/h4-7H,3H2,1-2H3,(H2,14,15,16). The summed E-state index contributed by atoms with van der Waals surface area (Å²) < 4.78 is 1.08. The topological polar surface area (TPSA) is 40.7 Å². The van der Waals surface area contributed by atoms with E-state index in [9.17, 15) is 0 Å². The first-order valence-corrected chi connectivity index (χ1v) is 6.06. The van der Waals surface area contributed by atoms with Gasteiger partial charge < -0.3 is 5.32 Å². The summed E-state index contributed by atoms with van der Waals surface area (Å²) in [4.78, 5) is 0. The lowest BCUT2D eigenvalue weighted by molar-refractivity contribution is 1.07. The van der Waals surface area contributed by atoms with Gasteiger partial charge in [0.2, 0.25) is 0 Å². The second-order valence-corrected chi connectivity index (χ2v) is 4.53. The molecule has 0 radical (unpaired) electrons. The van der Waals surface area contributed by atoms with Crippen LogP contribution in [-0.2, 0) is 0 Å². The zero-order chi connectivity index (χ0) is 11.5. The van der Waals surface area contributed by atoms with Crippen molar-refractivity contribution in [3.05, 3.63) is 34.3 Å². The van der Waals surface area contributed by atoms with Crippen molar-refractivity contribution in [3.8, 4) is 11.3 Å². The second kappa shape index (κ2) is 4.70.